The van der Waals surface area contributed by atoms with Crippen molar-refractivity contribution in [3.8, 4) is 0 Å². The van der Waals surface area contributed by atoms with Gasteiger partial charge in [0, 0.05) is 11.1 Å². The average molecular weight is 306 g/mol. The van der Waals surface area contributed by atoms with Crippen molar-refractivity contribution in [1.82, 2.24) is 10.2 Å². The molecule has 3 rings (SSSR count). The maximum atomic E-state index is 12.0. The van der Waals surface area contributed by atoms with Gasteiger partial charge in [0.05, 0.1) is 11.7 Å². The molecule has 0 atom stereocenters. The quantitative estimate of drug-likeness (QED) is 0.665. The minimum absolute atomic E-state index is 0.147. The Morgan fingerprint density at radius 1 is 1.29 bits per heavy atom. The van der Waals surface area contributed by atoms with Crippen LogP contribution in [-0.4, -0.2) is 24.5 Å². The number of anilines is 1. The molecule has 21 heavy (non-hydrogen) atoms. The number of carbonyl (C=O) groups is 1. The van der Waals surface area contributed by atoms with Gasteiger partial charge >= 0.3 is 0 Å². The molecule has 3 aromatic rings. The van der Waals surface area contributed by atoms with Crippen LogP contribution in [-0.2, 0) is 10.0 Å². The van der Waals surface area contributed by atoms with Crippen LogP contribution in [0.4, 0.5) is 5.69 Å². The van der Waals surface area contributed by atoms with E-state index in [0.717, 1.165) is 17.0 Å². The fourth-order valence-corrected chi connectivity index (χ4v) is 2.27. The lowest BCUT2D eigenvalue weighted by molar-refractivity contribution is 0.0991. The van der Waals surface area contributed by atoms with E-state index in [1.54, 1.807) is 24.4 Å². The molecule has 0 aliphatic carbocycles. The standard InChI is InChI=1S/C12H10N4O4S/c13-21(18,19)11-4-3-10(20-11)12(17)15-8-1-2-9-7(5-8)6-14-16-9/h1-6H,(H,14,16)(H,15,17)(H2,13,18,19). The van der Waals surface area contributed by atoms with E-state index in [4.69, 9.17) is 9.56 Å². The minimum atomic E-state index is -3.97. The Labute approximate surface area is 119 Å². The number of hydrogen-bond acceptors (Lipinski definition) is 5. The number of furan rings is 1. The Hall–Kier alpha value is -2.65. The fourth-order valence-electron chi connectivity index (χ4n) is 1.81. The molecule has 0 saturated carbocycles. The Morgan fingerprint density at radius 3 is 2.81 bits per heavy atom. The zero-order valence-electron chi connectivity index (χ0n) is 10.5. The van der Waals surface area contributed by atoms with Gasteiger partial charge in [-0.3, -0.25) is 9.89 Å². The molecule has 0 unspecified atom stereocenters. The second-order valence-corrected chi connectivity index (χ2v) is 5.78. The summed E-state index contributed by atoms with van der Waals surface area (Å²) in [6, 6.07) is 7.53. The van der Waals surface area contributed by atoms with Crippen molar-refractivity contribution in [2.45, 2.75) is 5.09 Å². The largest absolute Gasteiger partial charge is 0.438 e. The summed E-state index contributed by atoms with van der Waals surface area (Å²) in [5.41, 5.74) is 1.37. The predicted octanol–water partition coefficient (Wildman–Crippen LogP) is 1.06. The number of fused-ring (bicyclic) bond motifs is 1. The molecule has 108 valence electrons. The summed E-state index contributed by atoms with van der Waals surface area (Å²) in [5.74, 6) is -0.723. The van der Waals surface area contributed by atoms with Crippen LogP contribution in [0.15, 0.2) is 46.0 Å². The molecule has 1 amide bonds. The van der Waals surface area contributed by atoms with E-state index in [1.807, 2.05) is 0 Å². The highest BCUT2D eigenvalue weighted by molar-refractivity contribution is 7.89. The summed E-state index contributed by atoms with van der Waals surface area (Å²) >= 11 is 0. The zero-order valence-corrected chi connectivity index (χ0v) is 11.3. The van der Waals surface area contributed by atoms with Crippen LogP contribution in [0.1, 0.15) is 10.6 Å². The fraction of sp³-hybridized carbons (Fsp3) is 0. The van der Waals surface area contributed by atoms with E-state index in [2.05, 4.69) is 15.5 Å². The number of nitrogens with one attached hydrogen (secondary N) is 2. The molecule has 8 nitrogen and oxygen atoms in total. The lowest BCUT2D eigenvalue weighted by Gasteiger charge is -2.02. The van der Waals surface area contributed by atoms with Gasteiger partial charge in [0.2, 0.25) is 5.09 Å². The summed E-state index contributed by atoms with van der Waals surface area (Å²) in [4.78, 5) is 12.0. The topological polar surface area (TPSA) is 131 Å². The summed E-state index contributed by atoms with van der Waals surface area (Å²) < 4.78 is 27.1. The molecule has 0 saturated heterocycles. The van der Waals surface area contributed by atoms with Crippen molar-refractivity contribution in [3.63, 3.8) is 0 Å². The first-order chi connectivity index (χ1) is 9.93. The maximum absolute atomic E-state index is 12.0. The van der Waals surface area contributed by atoms with E-state index in [0.29, 0.717) is 5.69 Å². The number of aromatic nitrogens is 2. The first kappa shape index (κ1) is 13.3. The summed E-state index contributed by atoms with van der Waals surface area (Å²) in [6.45, 7) is 0. The number of aromatic amines is 1. The van der Waals surface area contributed by atoms with E-state index in [9.17, 15) is 13.2 Å². The van der Waals surface area contributed by atoms with Crippen LogP contribution >= 0.6 is 0 Å². The van der Waals surface area contributed by atoms with Gasteiger partial charge < -0.3 is 9.73 Å². The van der Waals surface area contributed by atoms with Gasteiger partial charge in [-0.25, -0.2) is 13.6 Å². The number of rotatable bonds is 3. The van der Waals surface area contributed by atoms with E-state index in [1.165, 1.54) is 6.07 Å². The molecule has 0 fully saturated rings. The van der Waals surface area contributed by atoms with Crippen LogP contribution < -0.4 is 10.5 Å². The van der Waals surface area contributed by atoms with Crippen molar-refractivity contribution in [3.05, 3.63) is 42.3 Å². The highest BCUT2D eigenvalue weighted by Gasteiger charge is 2.17. The summed E-state index contributed by atoms with van der Waals surface area (Å²) in [7, 11) is -3.97. The number of nitrogens with two attached hydrogens (primary N) is 1. The Kier molecular flexibility index (Phi) is 3.00. The van der Waals surface area contributed by atoms with Gasteiger partial charge in [-0.1, -0.05) is 0 Å². The third kappa shape index (κ3) is 2.64. The second-order valence-electron chi connectivity index (χ2n) is 4.29. The van der Waals surface area contributed by atoms with Gasteiger partial charge in [-0.15, -0.1) is 0 Å². The van der Waals surface area contributed by atoms with Crippen LogP contribution in [0.5, 0.6) is 0 Å². The third-order valence-electron chi connectivity index (χ3n) is 2.78. The van der Waals surface area contributed by atoms with Crippen LogP contribution in [0.2, 0.25) is 0 Å². The van der Waals surface area contributed by atoms with E-state index >= 15 is 0 Å². The molecule has 9 heteroatoms. The molecular formula is C12H10N4O4S. The number of H-pyrrole nitrogens is 1. The third-order valence-corrected chi connectivity index (χ3v) is 3.56. The van der Waals surface area contributed by atoms with Gasteiger partial charge in [-0.05, 0) is 30.3 Å². The maximum Gasteiger partial charge on any atom is 0.291 e. The number of amides is 1. The molecule has 2 aromatic heterocycles. The van der Waals surface area contributed by atoms with Gasteiger partial charge in [0.15, 0.2) is 5.76 Å². The average Bonchev–Trinajstić information content (AvgIpc) is 3.06. The highest BCUT2D eigenvalue weighted by Crippen LogP contribution is 2.18. The number of primary sulfonamides is 1. The Bertz CT molecular complexity index is 926. The number of carbonyl (C=O) groups excluding carboxylic acids is 1. The summed E-state index contributed by atoms with van der Waals surface area (Å²) in [6.07, 6.45) is 1.62. The minimum Gasteiger partial charge on any atom is -0.438 e. The number of nitrogens with zero attached hydrogens (tertiary/aromatic N) is 1. The van der Waals surface area contributed by atoms with Crippen LogP contribution in [0, 0.1) is 0 Å². The molecule has 2 heterocycles. The number of hydrogen-bond donors (Lipinski definition) is 3. The molecule has 0 spiro atoms. The Balaban J connectivity index is 1.84. The molecule has 0 radical (unpaired) electrons. The van der Waals surface area contributed by atoms with Crippen LogP contribution in [0.3, 0.4) is 0 Å². The molecule has 1 aromatic carbocycles. The van der Waals surface area contributed by atoms with Crippen molar-refractivity contribution < 1.29 is 17.6 Å². The van der Waals surface area contributed by atoms with Gasteiger partial charge in [0.1, 0.15) is 0 Å². The van der Waals surface area contributed by atoms with Crippen molar-refractivity contribution in [1.29, 1.82) is 0 Å². The molecule has 0 aliphatic heterocycles. The molecule has 0 bridgehead atoms. The molecule has 4 N–H and O–H groups in total. The highest BCUT2D eigenvalue weighted by atomic mass is 32.2. The SMILES string of the molecule is NS(=O)(=O)c1ccc(C(=O)Nc2ccc3[nH]ncc3c2)o1. The monoisotopic (exact) mass is 306 g/mol. The zero-order chi connectivity index (χ0) is 15.0. The first-order valence-electron chi connectivity index (χ1n) is 5.80. The summed E-state index contributed by atoms with van der Waals surface area (Å²) in [5, 5.41) is 14.5. The molecule has 0 aliphatic rings. The first-order valence-corrected chi connectivity index (χ1v) is 7.35. The Morgan fingerprint density at radius 2 is 2.10 bits per heavy atom. The van der Waals surface area contributed by atoms with Crippen molar-refractivity contribution in [2.24, 2.45) is 5.14 Å². The van der Waals surface area contributed by atoms with Gasteiger partial charge in [-0.2, -0.15) is 5.10 Å². The van der Waals surface area contributed by atoms with E-state index < -0.39 is 21.0 Å². The second kappa shape index (κ2) is 4.72. The predicted molar refractivity (Wildman–Crippen MR) is 74.1 cm³/mol. The lowest BCUT2D eigenvalue weighted by Crippen LogP contribution is -2.12. The normalized spacial score (nSPS) is 11.7. The number of sulfonamides is 1. The van der Waals surface area contributed by atoms with E-state index in [-0.39, 0.29) is 5.76 Å². The van der Waals surface area contributed by atoms with Gasteiger partial charge in [0.25, 0.3) is 15.9 Å². The van der Waals surface area contributed by atoms with Crippen molar-refractivity contribution in [2.75, 3.05) is 5.32 Å². The smallest absolute Gasteiger partial charge is 0.291 e. The van der Waals surface area contributed by atoms with Crippen molar-refractivity contribution >= 4 is 32.5 Å². The van der Waals surface area contributed by atoms with Crippen LogP contribution in [0.25, 0.3) is 10.9 Å². The lowest BCUT2D eigenvalue weighted by atomic mass is 10.2. The number of benzene rings is 1. The molecular weight excluding hydrogens is 296 g/mol.